The van der Waals surface area contributed by atoms with E-state index in [1.165, 1.54) is 18.4 Å². The Hall–Kier alpha value is -2.55. The molecular weight excluding hydrogens is 330 g/mol. The van der Waals surface area contributed by atoms with Crippen LogP contribution in [0.4, 0.5) is 9.93 Å². The number of urea groups is 1. The van der Waals surface area contributed by atoms with Gasteiger partial charge in [-0.15, -0.1) is 10.2 Å². The van der Waals surface area contributed by atoms with E-state index in [9.17, 15) is 9.59 Å². The number of hydrogen-bond donors (Lipinski definition) is 2. The first-order valence-corrected chi connectivity index (χ1v) is 8.33. The van der Waals surface area contributed by atoms with Gasteiger partial charge < -0.3 is 10.1 Å². The standard InChI is InChI=1S/C15H19N5O3S/c1-23-13(21)7-4-6-12-19-20-15(24-12)18-14(22)17-10-8-11-5-2-3-9-16-11/h2-3,5,9H,4,6-8,10H2,1H3,(H2,17,18,20,22). The monoisotopic (exact) mass is 349 g/mol. The van der Waals surface area contributed by atoms with E-state index >= 15 is 0 Å². The van der Waals surface area contributed by atoms with Crippen LogP contribution in [0.3, 0.4) is 0 Å². The first kappa shape index (κ1) is 17.8. The maximum absolute atomic E-state index is 11.8. The normalized spacial score (nSPS) is 10.2. The number of nitrogens with one attached hydrogen (secondary N) is 2. The van der Waals surface area contributed by atoms with Gasteiger partial charge in [0.2, 0.25) is 5.13 Å². The van der Waals surface area contributed by atoms with Crippen molar-refractivity contribution in [3.05, 3.63) is 35.1 Å². The Morgan fingerprint density at radius 1 is 1.25 bits per heavy atom. The highest BCUT2D eigenvalue weighted by atomic mass is 32.1. The zero-order valence-corrected chi connectivity index (χ0v) is 14.1. The van der Waals surface area contributed by atoms with Crippen molar-refractivity contribution < 1.29 is 14.3 Å². The summed E-state index contributed by atoms with van der Waals surface area (Å²) < 4.78 is 4.57. The number of ether oxygens (including phenoxy) is 1. The van der Waals surface area contributed by atoms with E-state index in [4.69, 9.17) is 0 Å². The number of nitrogens with zero attached hydrogens (tertiary/aromatic N) is 3. The van der Waals surface area contributed by atoms with Crippen LogP contribution in [0.1, 0.15) is 23.5 Å². The number of aromatic nitrogens is 3. The van der Waals surface area contributed by atoms with Crippen molar-refractivity contribution in [3.63, 3.8) is 0 Å². The zero-order chi connectivity index (χ0) is 17.2. The Kier molecular flexibility index (Phi) is 7.09. The number of carbonyl (C=O) groups is 2. The topological polar surface area (TPSA) is 106 Å². The fraction of sp³-hybridized carbons (Fsp3) is 0.400. The SMILES string of the molecule is COC(=O)CCCc1nnc(NC(=O)NCCc2ccccn2)s1. The summed E-state index contributed by atoms with van der Waals surface area (Å²) in [4.78, 5) is 27.0. The lowest BCUT2D eigenvalue weighted by atomic mass is 10.2. The molecule has 0 fully saturated rings. The molecule has 0 saturated carbocycles. The summed E-state index contributed by atoms with van der Waals surface area (Å²) in [6, 6.07) is 5.33. The van der Waals surface area contributed by atoms with Crippen LogP contribution in [0.2, 0.25) is 0 Å². The number of hydrogen-bond acceptors (Lipinski definition) is 7. The van der Waals surface area contributed by atoms with Crippen LogP contribution in [0.5, 0.6) is 0 Å². The number of carbonyl (C=O) groups excluding carboxylic acids is 2. The third-order valence-corrected chi connectivity index (χ3v) is 3.98. The number of pyridine rings is 1. The lowest BCUT2D eigenvalue weighted by Gasteiger charge is -2.04. The van der Waals surface area contributed by atoms with Crippen molar-refractivity contribution in [1.29, 1.82) is 0 Å². The summed E-state index contributed by atoms with van der Waals surface area (Å²) in [6.07, 6.45) is 3.97. The maximum Gasteiger partial charge on any atom is 0.321 e. The maximum atomic E-state index is 11.8. The largest absolute Gasteiger partial charge is 0.469 e. The first-order valence-electron chi connectivity index (χ1n) is 7.51. The van der Waals surface area contributed by atoms with E-state index in [2.05, 4.69) is 30.6 Å². The van der Waals surface area contributed by atoms with E-state index in [1.54, 1.807) is 6.20 Å². The molecule has 8 nitrogen and oxygen atoms in total. The van der Waals surface area contributed by atoms with Crippen LogP contribution in [-0.2, 0) is 22.4 Å². The molecule has 2 aromatic heterocycles. The van der Waals surface area contributed by atoms with Crippen molar-refractivity contribution in [3.8, 4) is 0 Å². The smallest absolute Gasteiger partial charge is 0.321 e. The third kappa shape index (κ3) is 6.29. The lowest BCUT2D eigenvalue weighted by molar-refractivity contribution is -0.140. The molecule has 2 N–H and O–H groups in total. The molecule has 0 aromatic carbocycles. The molecule has 2 aromatic rings. The fourth-order valence-corrected chi connectivity index (χ4v) is 2.66. The van der Waals surface area contributed by atoms with E-state index in [0.717, 1.165) is 10.7 Å². The molecule has 0 saturated heterocycles. The summed E-state index contributed by atoms with van der Waals surface area (Å²) in [5.41, 5.74) is 0.918. The average Bonchev–Trinajstić information content (AvgIpc) is 3.03. The minimum Gasteiger partial charge on any atom is -0.469 e. The molecule has 0 atom stereocenters. The average molecular weight is 349 g/mol. The fourth-order valence-electron chi connectivity index (χ4n) is 1.88. The van der Waals surface area contributed by atoms with Gasteiger partial charge >= 0.3 is 12.0 Å². The van der Waals surface area contributed by atoms with Crippen LogP contribution in [0.15, 0.2) is 24.4 Å². The van der Waals surface area contributed by atoms with Crippen molar-refractivity contribution >= 4 is 28.5 Å². The first-order chi connectivity index (χ1) is 11.7. The molecule has 0 aliphatic heterocycles. The van der Waals surface area contributed by atoms with Crippen LogP contribution < -0.4 is 10.6 Å². The van der Waals surface area contributed by atoms with Gasteiger partial charge in [0.25, 0.3) is 0 Å². The van der Waals surface area contributed by atoms with Crippen LogP contribution in [0, 0.1) is 0 Å². The Balaban J connectivity index is 1.67. The second-order valence-electron chi connectivity index (χ2n) is 4.88. The van der Waals surface area contributed by atoms with Gasteiger partial charge in [-0.05, 0) is 18.6 Å². The van der Waals surface area contributed by atoms with Crippen LogP contribution in [0.25, 0.3) is 0 Å². The van der Waals surface area contributed by atoms with Gasteiger partial charge in [-0.25, -0.2) is 4.79 Å². The highest BCUT2D eigenvalue weighted by molar-refractivity contribution is 7.15. The van der Waals surface area contributed by atoms with Crippen molar-refractivity contribution in [2.24, 2.45) is 0 Å². The summed E-state index contributed by atoms with van der Waals surface area (Å²) in [5, 5.41) is 14.5. The van der Waals surface area contributed by atoms with Crippen molar-refractivity contribution in [1.82, 2.24) is 20.5 Å². The Labute approximate surface area is 143 Å². The molecule has 0 spiro atoms. The molecule has 2 rings (SSSR count). The number of aryl methyl sites for hydroxylation is 1. The number of methoxy groups -OCH3 is 1. The molecule has 2 amide bonds. The second-order valence-corrected chi connectivity index (χ2v) is 5.94. The second kappa shape index (κ2) is 9.56. The van der Waals surface area contributed by atoms with Gasteiger partial charge in [0.05, 0.1) is 7.11 Å². The lowest BCUT2D eigenvalue weighted by Crippen LogP contribution is -2.30. The number of anilines is 1. The van der Waals surface area contributed by atoms with E-state index in [-0.39, 0.29) is 12.0 Å². The zero-order valence-electron chi connectivity index (χ0n) is 13.3. The number of esters is 1. The molecule has 24 heavy (non-hydrogen) atoms. The predicted molar refractivity (Wildman–Crippen MR) is 89.8 cm³/mol. The van der Waals surface area contributed by atoms with Gasteiger partial charge in [0.15, 0.2) is 0 Å². The summed E-state index contributed by atoms with van der Waals surface area (Å²) >= 11 is 1.29. The van der Waals surface area contributed by atoms with Crippen molar-refractivity contribution in [2.45, 2.75) is 25.7 Å². The highest BCUT2D eigenvalue weighted by Gasteiger charge is 2.09. The molecule has 0 radical (unpaired) electrons. The summed E-state index contributed by atoms with van der Waals surface area (Å²) in [7, 11) is 1.36. The Morgan fingerprint density at radius 2 is 2.12 bits per heavy atom. The van der Waals surface area contributed by atoms with Gasteiger partial charge in [0.1, 0.15) is 5.01 Å². The predicted octanol–water partition coefficient (Wildman–Crippen LogP) is 1.79. The molecule has 0 unspecified atom stereocenters. The molecule has 0 bridgehead atoms. The molecule has 0 aliphatic carbocycles. The van der Waals surface area contributed by atoms with Crippen LogP contribution in [-0.4, -0.2) is 40.8 Å². The van der Waals surface area contributed by atoms with E-state index in [1.807, 2.05) is 18.2 Å². The molecule has 2 heterocycles. The summed E-state index contributed by atoms with van der Waals surface area (Å²) in [5.74, 6) is -0.245. The quantitative estimate of drug-likeness (QED) is 0.704. The van der Waals surface area contributed by atoms with Gasteiger partial charge in [0, 0.05) is 37.7 Å². The Bertz CT molecular complexity index is 662. The summed E-state index contributed by atoms with van der Waals surface area (Å²) in [6.45, 7) is 0.480. The molecule has 9 heteroatoms. The molecule has 128 valence electrons. The molecule has 0 aliphatic rings. The van der Waals surface area contributed by atoms with Gasteiger partial charge in [-0.1, -0.05) is 17.4 Å². The number of amides is 2. The highest BCUT2D eigenvalue weighted by Crippen LogP contribution is 2.17. The van der Waals surface area contributed by atoms with Gasteiger partial charge in [-0.2, -0.15) is 0 Å². The minimum atomic E-state index is -0.330. The van der Waals surface area contributed by atoms with Gasteiger partial charge in [-0.3, -0.25) is 15.1 Å². The van der Waals surface area contributed by atoms with Crippen molar-refractivity contribution in [2.75, 3.05) is 19.0 Å². The third-order valence-electron chi connectivity index (χ3n) is 3.08. The van der Waals surface area contributed by atoms with E-state index < -0.39 is 0 Å². The molecular formula is C15H19N5O3S. The van der Waals surface area contributed by atoms with Crippen LogP contribution >= 0.6 is 11.3 Å². The minimum absolute atomic E-state index is 0.245. The van der Waals surface area contributed by atoms with E-state index in [0.29, 0.717) is 37.4 Å². The number of rotatable bonds is 8. The Morgan fingerprint density at radius 3 is 2.88 bits per heavy atom.